The van der Waals surface area contributed by atoms with Crippen molar-refractivity contribution in [1.82, 2.24) is 9.55 Å². The van der Waals surface area contributed by atoms with Crippen LogP contribution >= 0.6 is 23.8 Å². The van der Waals surface area contributed by atoms with Gasteiger partial charge in [0.2, 0.25) is 0 Å². The van der Waals surface area contributed by atoms with Crippen molar-refractivity contribution in [3.8, 4) is 5.69 Å². The minimum Gasteiger partial charge on any atom is -0.337 e. The number of aromatic amines is 1. The molecule has 17 heavy (non-hydrogen) atoms. The highest BCUT2D eigenvalue weighted by atomic mass is 35.5. The third-order valence-corrected chi connectivity index (χ3v) is 3.41. The topological polar surface area (TPSA) is 20.7 Å². The SMILES string of the molecule is Cc1cccc(Cl)c1-n1c(C(C)C)c[nH]c1=S. The van der Waals surface area contributed by atoms with E-state index in [2.05, 4.69) is 18.8 Å². The third kappa shape index (κ3) is 2.17. The third-order valence-electron chi connectivity index (χ3n) is 2.81. The average molecular weight is 267 g/mol. The summed E-state index contributed by atoms with van der Waals surface area (Å²) in [6, 6.07) is 5.88. The van der Waals surface area contributed by atoms with E-state index in [4.69, 9.17) is 23.8 Å². The van der Waals surface area contributed by atoms with Crippen molar-refractivity contribution in [1.29, 1.82) is 0 Å². The number of aryl methyl sites for hydroxylation is 1. The molecule has 0 unspecified atom stereocenters. The predicted molar refractivity (Wildman–Crippen MR) is 74.8 cm³/mol. The van der Waals surface area contributed by atoms with Crippen LogP contribution in [0.15, 0.2) is 24.4 Å². The van der Waals surface area contributed by atoms with Crippen molar-refractivity contribution in [3.05, 3.63) is 45.4 Å². The molecular weight excluding hydrogens is 252 g/mol. The monoisotopic (exact) mass is 266 g/mol. The van der Waals surface area contributed by atoms with Gasteiger partial charge < -0.3 is 4.98 Å². The number of halogens is 1. The van der Waals surface area contributed by atoms with E-state index in [0.717, 1.165) is 22.0 Å². The highest BCUT2D eigenvalue weighted by molar-refractivity contribution is 7.71. The molecule has 0 fully saturated rings. The van der Waals surface area contributed by atoms with Crippen molar-refractivity contribution >= 4 is 23.8 Å². The second kappa shape index (κ2) is 4.67. The number of rotatable bonds is 2. The molecule has 0 aliphatic carbocycles. The van der Waals surface area contributed by atoms with Gasteiger partial charge in [-0.3, -0.25) is 4.57 Å². The molecule has 2 aromatic rings. The lowest BCUT2D eigenvalue weighted by molar-refractivity contribution is 0.781. The summed E-state index contributed by atoms with van der Waals surface area (Å²) < 4.78 is 2.71. The molecule has 0 atom stereocenters. The van der Waals surface area contributed by atoms with E-state index in [1.54, 1.807) is 0 Å². The Morgan fingerprint density at radius 2 is 2.06 bits per heavy atom. The van der Waals surface area contributed by atoms with Crippen molar-refractivity contribution in [2.24, 2.45) is 0 Å². The highest BCUT2D eigenvalue weighted by Crippen LogP contribution is 2.28. The van der Waals surface area contributed by atoms with Crippen LogP contribution in [-0.2, 0) is 0 Å². The molecule has 0 spiro atoms. The summed E-state index contributed by atoms with van der Waals surface area (Å²) in [5.74, 6) is 0.388. The van der Waals surface area contributed by atoms with Crippen molar-refractivity contribution in [2.45, 2.75) is 26.7 Å². The van der Waals surface area contributed by atoms with E-state index in [1.807, 2.05) is 35.9 Å². The fourth-order valence-electron chi connectivity index (χ4n) is 1.94. The summed E-state index contributed by atoms with van der Waals surface area (Å²) in [6.07, 6.45) is 1.95. The molecule has 1 aromatic heterocycles. The van der Waals surface area contributed by atoms with Crippen LogP contribution in [0.2, 0.25) is 5.02 Å². The van der Waals surface area contributed by atoms with Crippen LogP contribution in [0.5, 0.6) is 0 Å². The Balaban J connectivity index is 2.77. The van der Waals surface area contributed by atoms with Crippen LogP contribution in [0.4, 0.5) is 0 Å². The first-order valence-electron chi connectivity index (χ1n) is 5.58. The highest BCUT2D eigenvalue weighted by Gasteiger charge is 2.13. The number of aromatic nitrogens is 2. The standard InChI is InChI=1S/C13H15ClN2S/c1-8(2)11-7-15-13(17)16(11)12-9(3)5-4-6-10(12)14/h4-8H,1-3H3,(H,15,17). The fraction of sp³-hybridized carbons (Fsp3) is 0.308. The maximum Gasteiger partial charge on any atom is 0.182 e. The Morgan fingerprint density at radius 3 is 2.65 bits per heavy atom. The van der Waals surface area contributed by atoms with Crippen LogP contribution in [0, 0.1) is 11.7 Å². The van der Waals surface area contributed by atoms with Gasteiger partial charge in [-0.2, -0.15) is 0 Å². The van der Waals surface area contributed by atoms with E-state index >= 15 is 0 Å². The van der Waals surface area contributed by atoms with Gasteiger partial charge >= 0.3 is 0 Å². The molecule has 90 valence electrons. The van der Waals surface area contributed by atoms with Crippen LogP contribution in [0.1, 0.15) is 31.0 Å². The summed E-state index contributed by atoms with van der Waals surface area (Å²) in [6.45, 7) is 6.32. The zero-order valence-electron chi connectivity index (χ0n) is 10.1. The van der Waals surface area contributed by atoms with E-state index < -0.39 is 0 Å². The number of nitrogens with zero attached hydrogens (tertiary/aromatic N) is 1. The molecule has 0 aliphatic rings. The Kier molecular flexibility index (Phi) is 3.40. The summed E-state index contributed by atoms with van der Waals surface area (Å²) in [4.78, 5) is 3.09. The second-order valence-electron chi connectivity index (χ2n) is 4.41. The van der Waals surface area contributed by atoms with Gasteiger partial charge in [-0.15, -0.1) is 0 Å². The summed E-state index contributed by atoms with van der Waals surface area (Å²) in [5, 5.41) is 0.725. The quantitative estimate of drug-likeness (QED) is 0.787. The van der Waals surface area contributed by atoms with Crippen LogP contribution in [-0.4, -0.2) is 9.55 Å². The molecule has 0 amide bonds. The van der Waals surface area contributed by atoms with Gasteiger partial charge in [-0.05, 0) is 36.7 Å². The Hall–Kier alpha value is -1.06. The molecule has 2 rings (SSSR count). The van der Waals surface area contributed by atoms with Gasteiger partial charge in [0.05, 0.1) is 10.7 Å². The average Bonchev–Trinajstić information content (AvgIpc) is 2.61. The summed E-state index contributed by atoms with van der Waals surface area (Å²) in [7, 11) is 0. The van der Waals surface area contributed by atoms with E-state index in [-0.39, 0.29) is 0 Å². The summed E-state index contributed by atoms with van der Waals surface area (Å²) >= 11 is 11.6. The van der Waals surface area contributed by atoms with Crippen LogP contribution < -0.4 is 0 Å². The minimum absolute atomic E-state index is 0.388. The Morgan fingerprint density at radius 1 is 1.35 bits per heavy atom. The van der Waals surface area contributed by atoms with E-state index in [0.29, 0.717) is 10.7 Å². The van der Waals surface area contributed by atoms with Crippen molar-refractivity contribution in [3.63, 3.8) is 0 Å². The lowest BCUT2D eigenvalue weighted by atomic mass is 10.1. The molecule has 0 bridgehead atoms. The van der Waals surface area contributed by atoms with Gasteiger partial charge in [-0.1, -0.05) is 37.6 Å². The van der Waals surface area contributed by atoms with Gasteiger partial charge in [0.15, 0.2) is 4.77 Å². The van der Waals surface area contributed by atoms with Crippen molar-refractivity contribution < 1.29 is 0 Å². The number of nitrogens with one attached hydrogen (secondary N) is 1. The largest absolute Gasteiger partial charge is 0.337 e. The molecule has 0 saturated heterocycles. The first kappa shape index (κ1) is 12.4. The molecule has 4 heteroatoms. The number of hydrogen-bond acceptors (Lipinski definition) is 1. The lowest BCUT2D eigenvalue weighted by Gasteiger charge is -2.14. The minimum atomic E-state index is 0.388. The van der Waals surface area contributed by atoms with E-state index in [1.165, 1.54) is 0 Å². The zero-order chi connectivity index (χ0) is 12.6. The van der Waals surface area contributed by atoms with E-state index in [9.17, 15) is 0 Å². The second-order valence-corrected chi connectivity index (χ2v) is 5.21. The molecular formula is C13H15ClN2S. The smallest absolute Gasteiger partial charge is 0.182 e. The van der Waals surface area contributed by atoms with Gasteiger partial charge in [0.25, 0.3) is 0 Å². The fourth-order valence-corrected chi connectivity index (χ4v) is 2.51. The lowest BCUT2D eigenvalue weighted by Crippen LogP contribution is -2.04. The van der Waals surface area contributed by atoms with Crippen molar-refractivity contribution in [2.75, 3.05) is 0 Å². The maximum absolute atomic E-state index is 6.29. The predicted octanol–water partition coefficient (Wildman–Crippen LogP) is 4.62. The first-order chi connectivity index (χ1) is 8.02. The number of para-hydroxylation sites is 1. The molecule has 0 saturated carbocycles. The molecule has 0 aliphatic heterocycles. The van der Waals surface area contributed by atoms with Crippen LogP contribution in [0.25, 0.3) is 5.69 Å². The molecule has 1 aromatic carbocycles. The molecule has 0 radical (unpaired) electrons. The maximum atomic E-state index is 6.29. The Labute approximate surface area is 111 Å². The number of H-pyrrole nitrogens is 1. The van der Waals surface area contributed by atoms with Crippen LogP contribution in [0.3, 0.4) is 0 Å². The normalized spacial score (nSPS) is 11.1. The first-order valence-corrected chi connectivity index (χ1v) is 6.36. The molecule has 2 nitrogen and oxygen atoms in total. The number of imidazole rings is 1. The Bertz CT molecular complexity index is 575. The van der Waals surface area contributed by atoms with Gasteiger partial charge in [-0.25, -0.2) is 0 Å². The number of benzene rings is 1. The van der Waals surface area contributed by atoms with Gasteiger partial charge in [0.1, 0.15) is 0 Å². The summed E-state index contributed by atoms with van der Waals surface area (Å²) in [5.41, 5.74) is 3.24. The van der Waals surface area contributed by atoms with Gasteiger partial charge in [0, 0.05) is 11.9 Å². The zero-order valence-corrected chi connectivity index (χ0v) is 11.7. The number of hydrogen-bond donors (Lipinski definition) is 1. The molecule has 1 N–H and O–H groups in total. The molecule has 1 heterocycles.